The number of rotatable bonds is 3. The monoisotopic (exact) mass is 346 g/mol. The molecule has 130 valence electrons. The van der Waals surface area contributed by atoms with Crippen LogP contribution in [0.1, 0.15) is 60.3 Å². The fourth-order valence-electron chi connectivity index (χ4n) is 4.67. The number of fused-ring (bicyclic) bond motifs is 2. The van der Waals surface area contributed by atoms with Gasteiger partial charge in [-0.25, -0.2) is 0 Å². The van der Waals surface area contributed by atoms with Gasteiger partial charge in [0.25, 0.3) is 0 Å². The summed E-state index contributed by atoms with van der Waals surface area (Å²) in [6, 6.07) is 2.49. The molecule has 2 amide bonds. The number of aryl methyl sites for hydroxylation is 2. The zero-order valence-electron chi connectivity index (χ0n) is 14.1. The van der Waals surface area contributed by atoms with E-state index in [-0.39, 0.29) is 23.8 Å². The Labute approximate surface area is 147 Å². The van der Waals surface area contributed by atoms with Crippen LogP contribution in [0.2, 0.25) is 0 Å². The summed E-state index contributed by atoms with van der Waals surface area (Å²) in [5.74, 6) is 0.310. The Kier molecular flexibility index (Phi) is 4.61. The van der Waals surface area contributed by atoms with Gasteiger partial charge in [-0.15, -0.1) is 11.3 Å². The second-order valence-electron chi connectivity index (χ2n) is 7.52. The molecule has 5 heteroatoms. The molecular weight excluding hydrogens is 320 g/mol. The van der Waals surface area contributed by atoms with Gasteiger partial charge < -0.3 is 10.6 Å². The minimum Gasteiger partial charge on any atom is -0.353 e. The Hall–Kier alpha value is -1.36. The average molecular weight is 346 g/mol. The fourth-order valence-corrected chi connectivity index (χ4v) is 5.87. The van der Waals surface area contributed by atoms with Crippen molar-refractivity contribution in [2.75, 3.05) is 0 Å². The molecule has 2 N–H and O–H groups in total. The van der Waals surface area contributed by atoms with E-state index in [1.807, 2.05) is 11.3 Å². The molecular formula is C19H26N2O2S. The first-order valence-corrected chi connectivity index (χ1v) is 10.2. The van der Waals surface area contributed by atoms with Crippen LogP contribution in [0.25, 0.3) is 0 Å². The molecule has 1 aromatic rings. The third kappa shape index (κ3) is 3.23. The maximum atomic E-state index is 12.7. The van der Waals surface area contributed by atoms with Gasteiger partial charge in [0, 0.05) is 22.2 Å². The number of nitrogens with one attached hydrogen (secondary N) is 2. The van der Waals surface area contributed by atoms with E-state index < -0.39 is 0 Å². The Morgan fingerprint density at radius 2 is 2.04 bits per heavy atom. The molecule has 4 nitrogen and oxygen atoms in total. The fraction of sp³-hybridized carbons (Fsp3) is 0.684. The molecule has 24 heavy (non-hydrogen) atoms. The number of hydrogen-bond acceptors (Lipinski definition) is 3. The van der Waals surface area contributed by atoms with E-state index in [0.29, 0.717) is 18.9 Å². The molecule has 0 spiro atoms. The number of piperidine rings is 1. The lowest BCUT2D eigenvalue weighted by Gasteiger charge is -2.40. The summed E-state index contributed by atoms with van der Waals surface area (Å²) in [5, 5.41) is 6.22. The van der Waals surface area contributed by atoms with E-state index in [0.717, 1.165) is 19.3 Å². The first kappa shape index (κ1) is 16.1. The Balaban J connectivity index is 1.39. The quantitative estimate of drug-likeness (QED) is 0.884. The molecule has 3 unspecified atom stereocenters. The topological polar surface area (TPSA) is 58.2 Å². The number of hydrogen-bond donors (Lipinski definition) is 2. The third-order valence-corrected chi connectivity index (χ3v) is 7.15. The summed E-state index contributed by atoms with van der Waals surface area (Å²) >= 11 is 1.85. The van der Waals surface area contributed by atoms with E-state index in [4.69, 9.17) is 0 Å². The summed E-state index contributed by atoms with van der Waals surface area (Å²) in [7, 11) is 0. The first-order valence-electron chi connectivity index (χ1n) is 9.38. The zero-order valence-corrected chi connectivity index (χ0v) is 14.9. The standard InChI is InChI=1S/C19H26N2O2S/c22-18-10-15(14-6-2-3-7-16(14)21-18)19(23)20-11-13-9-12-5-1-4-8-17(12)24-13/h9,14-16H,1-8,10-11H2,(H,20,23)(H,21,22). The highest BCUT2D eigenvalue weighted by molar-refractivity contribution is 7.12. The molecule has 0 radical (unpaired) electrons. The summed E-state index contributed by atoms with van der Waals surface area (Å²) in [5.41, 5.74) is 1.49. The predicted molar refractivity (Wildman–Crippen MR) is 94.8 cm³/mol. The van der Waals surface area contributed by atoms with Gasteiger partial charge in [0.1, 0.15) is 0 Å². The SMILES string of the molecule is O=C1CC(C(=O)NCc2cc3c(s2)CCCC3)C2CCCCC2N1. The Morgan fingerprint density at radius 1 is 1.21 bits per heavy atom. The van der Waals surface area contributed by atoms with Gasteiger partial charge >= 0.3 is 0 Å². The van der Waals surface area contributed by atoms with E-state index >= 15 is 0 Å². The van der Waals surface area contributed by atoms with Crippen LogP contribution in [0.4, 0.5) is 0 Å². The average Bonchev–Trinajstić information content (AvgIpc) is 3.02. The van der Waals surface area contributed by atoms with Gasteiger partial charge in [-0.2, -0.15) is 0 Å². The van der Waals surface area contributed by atoms with Gasteiger partial charge in [0.15, 0.2) is 0 Å². The minimum absolute atomic E-state index is 0.0462. The van der Waals surface area contributed by atoms with Gasteiger partial charge in [-0.1, -0.05) is 12.8 Å². The van der Waals surface area contributed by atoms with E-state index in [2.05, 4.69) is 16.7 Å². The van der Waals surface area contributed by atoms with Crippen molar-refractivity contribution in [1.29, 1.82) is 0 Å². The smallest absolute Gasteiger partial charge is 0.224 e. The third-order valence-electron chi connectivity index (χ3n) is 5.91. The van der Waals surface area contributed by atoms with Crippen LogP contribution >= 0.6 is 11.3 Å². The van der Waals surface area contributed by atoms with Crippen molar-refractivity contribution in [1.82, 2.24) is 10.6 Å². The van der Waals surface area contributed by atoms with Crippen molar-refractivity contribution in [2.24, 2.45) is 11.8 Å². The molecule has 0 bridgehead atoms. The molecule has 1 aromatic heterocycles. The highest BCUT2D eigenvalue weighted by Crippen LogP contribution is 2.35. The molecule has 3 aliphatic rings. The molecule has 1 saturated heterocycles. The van der Waals surface area contributed by atoms with Crippen LogP contribution < -0.4 is 10.6 Å². The van der Waals surface area contributed by atoms with Gasteiger partial charge in [-0.05, 0) is 56.1 Å². The largest absolute Gasteiger partial charge is 0.353 e. The van der Waals surface area contributed by atoms with Gasteiger partial charge in [0.2, 0.25) is 11.8 Å². The van der Waals surface area contributed by atoms with Crippen molar-refractivity contribution in [3.63, 3.8) is 0 Å². The number of carbonyl (C=O) groups excluding carboxylic acids is 2. The zero-order chi connectivity index (χ0) is 16.5. The minimum atomic E-state index is -0.140. The van der Waals surface area contributed by atoms with Crippen LogP contribution in [0, 0.1) is 11.8 Å². The maximum Gasteiger partial charge on any atom is 0.224 e. The molecule has 2 heterocycles. The van der Waals surface area contributed by atoms with E-state index in [1.165, 1.54) is 47.4 Å². The highest BCUT2D eigenvalue weighted by Gasteiger charge is 2.41. The normalized spacial score (nSPS) is 29.3. The van der Waals surface area contributed by atoms with Crippen molar-refractivity contribution in [3.8, 4) is 0 Å². The van der Waals surface area contributed by atoms with Crippen LogP contribution in [-0.4, -0.2) is 17.9 Å². The lowest BCUT2D eigenvalue weighted by atomic mass is 9.72. The molecule has 0 aromatic carbocycles. The Morgan fingerprint density at radius 3 is 2.92 bits per heavy atom. The van der Waals surface area contributed by atoms with Crippen molar-refractivity contribution < 1.29 is 9.59 Å². The molecule has 1 saturated carbocycles. The van der Waals surface area contributed by atoms with Crippen LogP contribution in [0.5, 0.6) is 0 Å². The van der Waals surface area contributed by atoms with Crippen LogP contribution in [0.3, 0.4) is 0 Å². The number of amides is 2. The van der Waals surface area contributed by atoms with Gasteiger partial charge in [-0.3, -0.25) is 9.59 Å². The molecule has 1 aliphatic heterocycles. The summed E-state index contributed by atoms with van der Waals surface area (Å²) < 4.78 is 0. The molecule has 4 rings (SSSR count). The maximum absolute atomic E-state index is 12.7. The van der Waals surface area contributed by atoms with Crippen LogP contribution in [0.15, 0.2) is 6.07 Å². The summed E-state index contributed by atoms with van der Waals surface area (Å²) in [4.78, 5) is 27.4. The highest BCUT2D eigenvalue weighted by atomic mass is 32.1. The van der Waals surface area contributed by atoms with Crippen molar-refractivity contribution >= 4 is 23.2 Å². The molecule has 2 fully saturated rings. The lowest BCUT2D eigenvalue weighted by molar-refractivity contribution is -0.137. The second-order valence-corrected chi connectivity index (χ2v) is 8.74. The first-order chi connectivity index (χ1) is 11.7. The second kappa shape index (κ2) is 6.87. The van der Waals surface area contributed by atoms with Crippen LogP contribution in [-0.2, 0) is 29.0 Å². The predicted octanol–water partition coefficient (Wildman–Crippen LogP) is 2.94. The van der Waals surface area contributed by atoms with Crippen molar-refractivity contribution in [2.45, 2.75) is 70.4 Å². The van der Waals surface area contributed by atoms with Gasteiger partial charge in [0.05, 0.1) is 12.5 Å². The number of thiophene rings is 1. The number of carbonyl (C=O) groups is 2. The lowest BCUT2D eigenvalue weighted by Crippen LogP contribution is -2.54. The summed E-state index contributed by atoms with van der Waals surface area (Å²) in [6.45, 7) is 0.617. The van der Waals surface area contributed by atoms with E-state index in [9.17, 15) is 9.59 Å². The van der Waals surface area contributed by atoms with Crippen molar-refractivity contribution in [3.05, 3.63) is 21.4 Å². The van der Waals surface area contributed by atoms with E-state index in [1.54, 1.807) is 0 Å². The molecule has 2 aliphatic carbocycles. The molecule has 3 atom stereocenters. The summed E-state index contributed by atoms with van der Waals surface area (Å²) in [6.07, 6.45) is 9.75. The Bertz CT molecular complexity index is 616.